The fourth-order valence-electron chi connectivity index (χ4n) is 4.26. The van der Waals surface area contributed by atoms with Crippen LogP contribution in [0.5, 0.6) is 0 Å². The molecule has 1 aromatic rings. The Bertz CT molecular complexity index is 467. The Kier molecular flexibility index (Phi) is 10.8. The maximum absolute atomic E-state index is 2.62. The van der Waals surface area contributed by atoms with Crippen molar-refractivity contribution >= 4 is 5.69 Å². The third-order valence-corrected chi connectivity index (χ3v) is 6.00. The average Bonchev–Trinajstić information content (AvgIpc) is 2.69. The molecule has 0 saturated heterocycles. The molecule has 1 aromatic carbocycles. The molecule has 2 rings (SSSR count). The predicted octanol–water partition coefficient (Wildman–Crippen LogP) is 6.29. The van der Waals surface area contributed by atoms with Gasteiger partial charge < -0.3 is 9.80 Å². The van der Waals surface area contributed by atoms with Crippen LogP contribution in [0.15, 0.2) is 24.3 Å². The van der Waals surface area contributed by atoms with Gasteiger partial charge in [0, 0.05) is 18.8 Å². The predicted molar refractivity (Wildman–Crippen MR) is 116 cm³/mol. The van der Waals surface area contributed by atoms with Crippen molar-refractivity contribution in [2.24, 2.45) is 0 Å². The lowest BCUT2D eigenvalue weighted by Gasteiger charge is -2.31. The Morgan fingerprint density at radius 3 is 2.12 bits per heavy atom. The van der Waals surface area contributed by atoms with Gasteiger partial charge in [-0.05, 0) is 56.9 Å². The van der Waals surface area contributed by atoms with Crippen molar-refractivity contribution in [3.8, 4) is 0 Å². The van der Waals surface area contributed by atoms with Crippen molar-refractivity contribution in [3.05, 3.63) is 29.8 Å². The van der Waals surface area contributed by atoms with Crippen LogP contribution in [0.3, 0.4) is 0 Å². The summed E-state index contributed by atoms with van der Waals surface area (Å²) >= 11 is 0. The number of aryl methyl sites for hydroxylation is 1. The van der Waals surface area contributed by atoms with Crippen LogP contribution >= 0.6 is 0 Å². The van der Waals surface area contributed by atoms with Gasteiger partial charge in [-0.2, -0.15) is 0 Å². The largest absolute Gasteiger partial charge is 0.371 e. The van der Waals surface area contributed by atoms with Crippen LogP contribution in [0.1, 0.15) is 83.6 Å². The van der Waals surface area contributed by atoms with Gasteiger partial charge in [-0.3, -0.25) is 0 Å². The van der Waals surface area contributed by atoms with Crippen LogP contribution in [0.4, 0.5) is 5.69 Å². The van der Waals surface area contributed by atoms with E-state index in [1.807, 2.05) is 0 Å². The molecule has 2 heteroatoms. The van der Waals surface area contributed by atoms with E-state index in [0.717, 1.165) is 0 Å². The van der Waals surface area contributed by atoms with Crippen molar-refractivity contribution in [1.29, 1.82) is 0 Å². The van der Waals surface area contributed by atoms with Crippen molar-refractivity contribution in [1.82, 2.24) is 4.90 Å². The first-order valence-corrected chi connectivity index (χ1v) is 11.4. The van der Waals surface area contributed by atoms with Crippen molar-refractivity contribution in [2.45, 2.75) is 84.5 Å². The number of rotatable bonds is 14. The lowest BCUT2D eigenvalue weighted by molar-refractivity contribution is 0.295. The summed E-state index contributed by atoms with van der Waals surface area (Å²) in [4.78, 5) is 5.16. The van der Waals surface area contributed by atoms with E-state index in [0.29, 0.717) is 0 Å². The van der Waals surface area contributed by atoms with E-state index < -0.39 is 0 Å². The molecule has 0 amide bonds. The van der Waals surface area contributed by atoms with Gasteiger partial charge in [-0.1, -0.05) is 77.0 Å². The Hall–Kier alpha value is -1.02. The smallest absolute Gasteiger partial charge is 0.0398 e. The van der Waals surface area contributed by atoms with Gasteiger partial charge in [0.25, 0.3) is 0 Å². The highest BCUT2D eigenvalue weighted by Crippen LogP contribution is 2.26. The van der Waals surface area contributed by atoms with Crippen LogP contribution in [0, 0.1) is 0 Å². The van der Waals surface area contributed by atoms with Gasteiger partial charge in [0.2, 0.25) is 0 Å². The SMILES string of the molecule is CCN(CC)CCCCCCCCCCCN1CCCc2ccccc21. The summed E-state index contributed by atoms with van der Waals surface area (Å²) in [7, 11) is 0. The van der Waals surface area contributed by atoms with E-state index in [4.69, 9.17) is 0 Å². The lowest BCUT2D eigenvalue weighted by atomic mass is 10.0. The second kappa shape index (κ2) is 13.2. The second-order valence-corrected chi connectivity index (χ2v) is 7.93. The maximum Gasteiger partial charge on any atom is 0.0398 e. The van der Waals surface area contributed by atoms with Gasteiger partial charge in [-0.25, -0.2) is 0 Å². The molecule has 0 spiro atoms. The molecule has 148 valence electrons. The van der Waals surface area contributed by atoms with Crippen LogP contribution in [0.2, 0.25) is 0 Å². The highest BCUT2D eigenvalue weighted by molar-refractivity contribution is 5.55. The lowest BCUT2D eigenvalue weighted by Crippen LogP contribution is -2.30. The summed E-state index contributed by atoms with van der Waals surface area (Å²) in [6, 6.07) is 9.00. The standard InChI is InChI=1S/C24H42N2/c1-3-25(4-2)20-14-10-8-6-5-7-9-11-15-21-26-22-16-18-23-17-12-13-19-24(23)26/h12-13,17,19H,3-11,14-16,18,20-22H2,1-2H3. The molecular formula is C24H42N2. The first kappa shape index (κ1) is 21.3. The van der Waals surface area contributed by atoms with Crippen LogP contribution in [-0.2, 0) is 6.42 Å². The molecule has 2 nitrogen and oxygen atoms in total. The number of fused-ring (bicyclic) bond motifs is 1. The molecule has 0 N–H and O–H groups in total. The normalized spacial score (nSPS) is 14.0. The summed E-state index contributed by atoms with van der Waals surface area (Å²) < 4.78 is 0. The zero-order chi connectivity index (χ0) is 18.5. The molecule has 0 fully saturated rings. The Morgan fingerprint density at radius 2 is 1.42 bits per heavy atom. The topological polar surface area (TPSA) is 6.48 Å². The molecule has 0 radical (unpaired) electrons. The molecule has 0 atom stereocenters. The molecule has 1 heterocycles. The van der Waals surface area contributed by atoms with Gasteiger partial charge in [0.05, 0.1) is 0 Å². The van der Waals surface area contributed by atoms with E-state index in [-0.39, 0.29) is 0 Å². The average molecular weight is 359 g/mol. The molecule has 0 unspecified atom stereocenters. The van der Waals surface area contributed by atoms with E-state index in [9.17, 15) is 0 Å². The molecule has 0 aliphatic carbocycles. The number of unbranched alkanes of at least 4 members (excludes halogenated alkanes) is 8. The highest BCUT2D eigenvalue weighted by Gasteiger charge is 2.15. The van der Waals surface area contributed by atoms with Gasteiger partial charge >= 0.3 is 0 Å². The van der Waals surface area contributed by atoms with E-state index in [2.05, 4.69) is 47.9 Å². The summed E-state index contributed by atoms with van der Waals surface area (Å²) in [6.45, 7) is 10.8. The van der Waals surface area contributed by atoms with E-state index in [1.165, 1.54) is 109 Å². The Labute approximate surface area is 163 Å². The monoisotopic (exact) mass is 358 g/mol. The zero-order valence-corrected chi connectivity index (χ0v) is 17.5. The second-order valence-electron chi connectivity index (χ2n) is 7.93. The Morgan fingerprint density at radius 1 is 0.808 bits per heavy atom. The van der Waals surface area contributed by atoms with Crippen LogP contribution in [-0.4, -0.2) is 37.6 Å². The van der Waals surface area contributed by atoms with E-state index in [1.54, 1.807) is 5.56 Å². The third kappa shape index (κ3) is 7.70. The first-order chi connectivity index (χ1) is 12.8. The van der Waals surface area contributed by atoms with Crippen molar-refractivity contribution in [3.63, 3.8) is 0 Å². The highest BCUT2D eigenvalue weighted by atomic mass is 15.1. The van der Waals surface area contributed by atoms with Crippen molar-refractivity contribution in [2.75, 3.05) is 37.6 Å². The minimum Gasteiger partial charge on any atom is -0.371 e. The number of para-hydroxylation sites is 1. The minimum absolute atomic E-state index is 1.21. The number of anilines is 1. The first-order valence-electron chi connectivity index (χ1n) is 11.4. The number of hydrogen-bond donors (Lipinski definition) is 0. The van der Waals surface area contributed by atoms with E-state index >= 15 is 0 Å². The summed E-state index contributed by atoms with van der Waals surface area (Å²) in [6.07, 6.45) is 15.3. The van der Waals surface area contributed by atoms with Crippen LogP contribution in [0.25, 0.3) is 0 Å². The molecule has 0 saturated carbocycles. The third-order valence-electron chi connectivity index (χ3n) is 6.00. The summed E-state index contributed by atoms with van der Waals surface area (Å²) in [5.41, 5.74) is 3.06. The van der Waals surface area contributed by atoms with Crippen molar-refractivity contribution < 1.29 is 0 Å². The van der Waals surface area contributed by atoms with Gasteiger partial charge in [0.15, 0.2) is 0 Å². The minimum atomic E-state index is 1.21. The quantitative estimate of drug-likeness (QED) is 0.360. The number of hydrogen-bond acceptors (Lipinski definition) is 2. The molecular weight excluding hydrogens is 316 g/mol. The summed E-state index contributed by atoms with van der Waals surface area (Å²) in [5, 5.41) is 0. The number of benzene rings is 1. The molecule has 26 heavy (non-hydrogen) atoms. The molecule has 1 aliphatic heterocycles. The van der Waals surface area contributed by atoms with Gasteiger partial charge in [-0.15, -0.1) is 0 Å². The molecule has 0 aromatic heterocycles. The maximum atomic E-state index is 2.62. The fraction of sp³-hybridized carbons (Fsp3) is 0.750. The van der Waals surface area contributed by atoms with Crippen LogP contribution < -0.4 is 4.90 Å². The zero-order valence-electron chi connectivity index (χ0n) is 17.5. The fourth-order valence-corrected chi connectivity index (χ4v) is 4.26. The van der Waals surface area contributed by atoms with Gasteiger partial charge in [0.1, 0.15) is 0 Å². The molecule has 1 aliphatic rings. The molecule has 0 bridgehead atoms. The Balaban J connectivity index is 1.42. The summed E-state index contributed by atoms with van der Waals surface area (Å²) in [5.74, 6) is 0. The number of nitrogens with zero attached hydrogens (tertiary/aromatic N) is 2.